The van der Waals surface area contributed by atoms with E-state index in [4.69, 9.17) is 0 Å². The van der Waals surface area contributed by atoms with Gasteiger partial charge in [-0.15, -0.1) is 0 Å². The highest BCUT2D eigenvalue weighted by molar-refractivity contribution is 7.92. The number of hydrogen-bond donors (Lipinski definition) is 1. The Hall–Kier alpha value is -3.15. The Morgan fingerprint density at radius 1 is 1.03 bits per heavy atom. The van der Waals surface area contributed by atoms with E-state index in [1.54, 1.807) is 26.8 Å². The van der Waals surface area contributed by atoms with Crippen molar-refractivity contribution in [3.63, 3.8) is 0 Å². The van der Waals surface area contributed by atoms with Gasteiger partial charge >= 0.3 is 6.18 Å². The summed E-state index contributed by atoms with van der Waals surface area (Å²) in [5.41, 5.74) is -1.58. The first kappa shape index (κ1) is 31.1. The van der Waals surface area contributed by atoms with Crippen molar-refractivity contribution in [2.24, 2.45) is 0 Å². The number of carbonyl (C=O) groups is 2. The van der Waals surface area contributed by atoms with E-state index in [-0.39, 0.29) is 37.2 Å². The quantitative estimate of drug-likeness (QED) is 0.427. The van der Waals surface area contributed by atoms with Crippen LogP contribution in [0.3, 0.4) is 0 Å². The molecule has 2 aromatic rings. The van der Waals surface area contributed by atoms with Crippen LogP contribution in [0.1, 0.15) is 51.7 Å². The van der Waals surface area contributed by atoms with Crippen molar-refractivity contribution >= 4 is 27.5 Å². The van der Waals surface area contributed by atoms with Crippen molar-refractivity contribution in [2.75, 3.05) is 17.1 Å². The van der Waals surface area contributed by atoms with E-state index in [1.165, 1.54) is 36.1 Å². The standard InChI is InChI=1S/C26H33F4N3O4S/c1-18(24(35)31-25(2,3)4)32(17-19-10-6-7-13-22(19)27)23(34)14-9-15-33(38(5,36)37)21-12-8-11-20(16-21)26(28,29)30/h6-8,10-13,16,18H,9,14-15,17H2,1-5H3,(H,31,35)/t18-/m1/s1. The summed E-state index contributed by atoms with van der Waals surface area (Å²) in [5.74, 6) is -1.55. The van der Waals surface area contributed by atoms with Crippen LogP contribution < -0.4 is 9.62 Å². The van der Waals surface area contributed by atoms with Crippen LogP contribution >= 0.6 is 0 Å². The van der Waals surface area contributed by atoms with Gasteiger partial charge < -0.3 is 10.2 Å². The Morgan fingerprint density at radius 2 is 1.66 bits per heavy atom. The average Bonchev–Trinajstić information content (AvgIpc) is 2.78. The lowest BCUT2D eigenvalue weighted by Gasteiger charge is -2.32. The zero-order valence-corrected chi connectivity index (χ0v) is 22.8. The summed E-state index contributed by atoms with van der Waals surface area (Å²) in [6.07, 6.45) is -4.08. The summed E-state index contributed by atoms with van der Waals surface area (Å²) < 4.78 is 79.3. The lowest BCUT2D eigenvalue weighted by Crippen LogP contribution is -2.52. The lowest BCUT2D eigenvalue weighted by atomic mass is 10.1. The van der Waals surface area contributed by atoms with Crippen LogP contribution in [0.15, 0.2) is 48.5 Å². The average molecular weight is 560 g/mol. The highest BCUT2D eigenvalue weighted by Gasteiger charge is 2.32. The monoisotopic (exact) mass is 559 g/mol. The molecule has 2 rings (SSSR count). The van der Waals surface area contributed by atoms with Crippen molar-refractivity contribution in [2.45, 2.75) is 64.8 Å². The van der Waals surface area contributed by atoms with Gasteiger partial charge in [0.05, 0.1) is 17.5 Å². The van der Waals surface area contributed by atoms with Gasteiger partial charge in [-0.1, -0.05) is 24.3 Å². The number of sulfonamides is 1. The van der Waals surface area contributed by atoms with Gasteiger partial charge in [0.25, 0.3) is 0 Å². The fourth-order valence-electron chi connectivity index (χ4n) is 3.71. The molecule has 0 unspecified atom stereocenters. The third kappa shape index (κ3) is 9.00. The van der Waals surface area contributed by atoms with E-state index in [2.05, 4.69) is 5.32 Å². The maximum atomic E-state index is 14.4. The predicted molar refractivity (Wildman–Crippen MR) is 137 cm³/mol. The number of amides is 2. The maximum Gasteiger partial charge on any atom is 0.416 e. The zero-order valence-electron chi connectivity index (χ0n) is 22.0. The largest absolute Gasteiger partial charge is 0.416 e. The molecule has 0 spiro atoms. The minimum Gasteiger partial charge on any atom is -0.350 e. The molecule has 0 saturated heterocycles. The van der Waals surface area contributed by atoms with Gasteiger partial charge in [-0.25, -0.2) is 12.8 Å². The topological polar surface area (TPSA) is 86.8 Å². The molecule has 0 radical (unpaired) electrons. The second-order valence-corrected chi connectivity index (χ2v) is 11.9. The molecule has 1 N–H and O–H groups in total. The molecule has 0 heterocycles. The number of anilines is 1. The Morgan fingerprint density at radius 3 is 2.21 bits per heavy atom. The van der Waals surface area contributed by atoms with Crippen LogP contribution in [0, 0.1) is 5.82 Å². The van der Waals surface area contributed by atoms with E-state index in [0.717, 1.165) is 28.8 Å². The maximum absolute atomic E-state index is 14.4. The van der Waals surface area contributed by atoms with Crippen LogP contribution in [0.2, 0.25) is 0 Å². The normalized spacial score (nSPS) is 13.1. The third-order valence-corrected chi connectivity index (χ3v) is 6.77. The number of benzene rings is 2. The molecule has 2 aromatic carbocycles. The van der Waals surface area contributed by atoms with Gasteiger partial charge in [0.15, 0.2) is 0 Å². The summed E-state index contributed by atoms with van der Waals surface area (Å²) >= 11 is 0. The molecule has 1 atom stereocenters. The van der Waals surface area contributed by atoms with Crippen LogP contribution in [0.25, 0.3) is 0 Å². The van der Waals surface area contributed by atoms with Crippen molar-refractivity contribution in [3.05, 3.63) is 65.5 Å². The highest BCUT2D eigenvalue weighted by atomic mass is 32.2. The molecule has 0 bridgehead atoms. The van der Waals surface area contributed by atoms with Crippen molar-refractivity contribution in [1.82, 2.24) is 10.2 Å². The van der Waals surface area contributed by atoms with Crippen LogP contribution in [-0.4, -0.2) is 49.5 Å². The Balaban J connectivity index is 2.25. The first-order valence-corrected chi connectivity index (χ1v) is 13.7. The van der Waals surface area contributed by atoms with Crippen molar-refractivity contribution in [1.29, 1.82) is 0 Å². The number of alkyl halides is 3. The molecule has 2 amide bonds. The second-order valence-electron chi connectivity index (χ2n) is 10.0. The number of carbonyl (C=O) groups excluding carboxylic acids is 2. The molecule has 12 heteroatoms. The number of hydrogen-bond acceptors (Lipinski definition) is 4. The van der Waals surface area contributed by atoms with Gasteiger partial charge in [-0.3, -0.25) is 13.9 Å². The molecule has 210 valence electrons. The molecule has 0 saturated carbocycles. The van der Waals surface area contributed by atoms with Crippen LogP contribution in [0.5, 0.6) is 0 Å². The van der Waals surface area contributed by atoms with E-state index >= 15 is 0 Å². The fraction of sp³-hybridized carbons (Fsp3) is 0.462. The van der Waals surface area contributed by atoms with Gasteiger partial charge in [0, 0.05) is 30.6 Å². The van der Waals surface area contributed by atoms with Gasteiger partial charge in [0.1, 0.15) is 11.9 Å². The summed E-state index contributed by atoms with van der Waals surface area (Å²) in [6.45, 7) is 6.34. The van der Waals surface area contributed by atoms with E-state index < -0.39 is 51.0 Å². The number of halogens is 4. The van der Waals surface area contributed by atoms with E-state index in [1.807, 2.05) is 0 Å². The number of nitrogens with zero attached hydrogens (tertiary/aromatic N) is 2. The highest BCUT2D eigenvalue weighted by Crippen LogP contribution is 2.32. The van der Waals surface area contributed by atoms with Crippen molar-refractivity contribution in [3.8, 4) is 0 Å². The Labute approximate surface area is 220 Å². The molecular weight excluding hydrogens is 526 g/mol. The SMILES string of the molecule is C[C@H](C(=O)NC(C)(C)C)N(Cc1ccccc1F)C(=O)CCCN(c1cccc(C(F)(F)F)c1)S(C)(=O)=O. The minimum atomic E-state index is -4.66. The van der Waals surface area contributed by atoms with Crippen LogP contribution in [-0.2, 0) is 32.3 Å². The summed E-state index contributed by atoms with van der Waals surface area (Å²) in [4.78, 5) is 27.2. The zero-order chi connectivity index (χ0) is 28.9. The van der Waals surface area contributed by atoms with Gasteiger partial charge in [-0.05, 0) is 58.4 Å². The Kier molecular flexibility index (Phi) is 9.93. The third-order valence-electron chi connectivity index (χ3n) is 5.58. The molecule has 0 aromatic heterocycles. The van der Waals surface area contributed by atoms with E-state index in [9.17, 15) is 35.6 Å². The first-order valence-electron chi connectivity index (χ1n) is 11.9. The van der Waals surface area contributed by atoms with Crippen LogP contribution in [0.4, 0.5) is 23.2 Å². The molecule has 0 aliphatic rings. The molecule has 0 fully saturated rings. The summed E-state index contributed by atoms with van der Waals surface area (Å²) in [5, 5.41) is 2.78. The molecule has 38 heavy (non-hydrogen) atoms. The Bertz CT molecular complexity index is 1240. The first-order chi connectivity index (χ1) is 17.4. The van der Waals surface area contributed by atoms with Gasteiger partial charge in [-0.2, -0.15) is 13.2 Å². The molecule has 0 aliphatic carbocycles. The molecule has 7 nitrogen and oxygen atoms in total. The molecule has 0 aliphatic heterocycles. The summed E-state index contributed by atoms with van der Waals surface area (Å²) in [6, 6.07) is 8.74. The van der Waals surface area contributed by atoms with Crippen molar-refractivity contribution < 1.29 is 35.6 Å². The second kappa shape index (κ2) is 12.1. The number of nitrogens with one attached hydrogen (secondary N) is 1. The number of rotatable bonds is 10. The predicted octanol–water partition coefficient (Wildman–Crippen LogP) is 4.72. The minimum absolute atomic E-state index is 0.0521. The fourth-order valence-corrected chi connectivity index (χ4v) is 4.67. The van der Waals surface area contributed by atoms with E-state index in [0.29, 0.717) is 0 Å². The smallest absolute Gasteiger partial charge is 0.350 e. The lowest BCUT2D eigenvalue weighted by molar-refractivity contribution is -0.141. The molecular formula is C26H33F4N3O4S. The summed E-state index contributed by atoms with van der Waals surface area (Å²) in [7, 11) is -3.98. The van der Waals surface area contributed by atoms with Gasteiger partial charge in [0.2, 0.25) is 21.8 Å².